The molecule has 59 heavy (non-hydrogen) atoms. The lowest BCUT2D eigenvalue weighted by Crippen LogP contribution is -2.78. The first-order valence-corrected chi connectivity index (χ1v) is 24.1. The lowest BCUT2D eigenvalue weighted by atomic mass is 9.80. The van der Waals surface area contributed by atoms with Crippen LogP contribution >= 0.6 is 0 Å². The van der Waals surface area contributed by atoms with Crippen LogP contribution in [-0.4, -0.2) is 33.3 Å². The van der Waals surface area contributed by atoms with Gasteiger partial charge in [0.2, 0.25) is 0 Å². The van der Waals surface area contributed by atoms with Crippen LogP contribution in [0.25, 0.3) is 22.3 Å². The molecule has 0 heterocycles. The highest BCUT2D eigenvalue weighted by molar-refractivity contribution is 7.22. The average Bonchev–Trinajstić information content (AvgIpc) is 3.32. The van der Waals surface area contributed by atoms with E-state index in [1.807, 2.05) is 0 Å². The van der Waals surface area contributed by atoms with Gasteiger partial charge in [0.05, 0.1) is 0 Å². The van der Waals surface area contributed by atoms with Gasteiger partial charge >= 0.3 is 7.12 Å². The maximum atomic E-state index is 11.4. The summed E-state index contributed by atoms with van der Waals surface area (Å²) in [6.45, 7) is 0. The topological polar surface area (TPSA) is 40.5 Å². The Bertz CT molecular complexity index is 2520. The monoisotopic (exact) mass is 790 g/mol. The van der Waals surface area contributed by atoms with Gasteiger partial charge in [-0.15, -0.1) is 0 Å². The molecule has 0 unspecified atom stereocenters. The third-order valence-corrected chi connectivity index (χ3v) is 21.2. The number of hydrogen-bond acceptors (Lipinski definition) is 2. The molecular formula is C54H43BO2Si2. The van der Waals surface area contributed by atoms with Crippen LogP contribution in [0.5, 0.6) is 0 Å². The maximum absolute atomic E-state index is 11.4. The van der Waals surface area contributed by atoms with Gasteiger partial charge < -0.3 is 10.0 Å². The van der Waals surface area contributed by atoms with Crippen LogP contribution in [0.2, 0.25) is 0 Å². The van der Waals surface area contributed by atoms with E-state index in [4.69, 9.17) is 0 Å². The van der Waals surface area contributed by atoms with Crippen molar-refractivity contribution in [2.75, 3.05) is 0 Å². The summed E-state index contributed by atoms with van der Waals surface area (Å²) >= 11 is 0. The summed E-state index contributed by atoms with van der Waals surface area (Å²) in [7, 11) is -8.13. The molecule has 9 rings (SSSR count). The molecule has 5 heteroatoms. The Balaban J connectivity index is 1.43. The second kappa shape index (κ2) is 16.7. The van der Waals surface area contributed by atoms with Crippen molar-refractivity contribution in [3.8, 4) is 22.3 Å². The van der Waals surface area contributed by atoms with E-state index in [0.717, 1.165) is 32.6 Å². The molecule has 9 aromatic rings. The lowest BCUT2D eigenvalue weighted by Gasteiger charge is -2.38. The molecule has 2 N–H and O–H groups in total. The van der Waals surface area contributed by atoms with Gasteiger partial charge in [-0.3, -0.25) is 0 Å². The van der Waals surface area contributed by atoms with E-state index in [2.05, 4.69) is 249 Å². The van der Waals surface area contributed by atoms with E-state index >= 15 is 0 Å². The SMILES string of the molecule is OB(O)c1cc([Si](c2ccccc2)(c2ccccc2)c2cccc(-c3ccccc3)c2)cc([Si](c2ccccc2)(c2ccccc2)c2cccc(-c3ccccc3)c2)c1. The predicted molar refractivity (Wildman–Crippen MR) is 254 cm³/mol. The first kappa shape index (κ1) is 37.9. The number of hydrogen-bond donors (Lipinski definition) is 2. The van der Waals surface area contributed by atoms with Crippen LogP contribution in [0, 0.1) is 0 Å². The van der Waals surface area contributed by atoms with Gasteiger partial charge in [-0.2, -0.15) is 0 Å². The number of benzene rings is 9. The molecule has 9 aromatic carbocycles. The zero-order valence-electron chi connectivity index (χ0n) is 32.6. The molecule has 0 radical (unpaired) electrons. The Hall–Kier alpha value is -6.60. The molecule has 0 saturated carbocycles. The van der Waals surface area contributed by atoms with Gasteiger partial charge in [0.25, 0.3) is 0 Å². The molecule has 0 aromatic heterocycles. The van der Waals surface area contributed by atoms with Crippen molar-refractivity contribution in [1.82, 2.24) is 0 Å². The van der Waals surface area contributed by atoms with Crippen molar-refractivity contribution in [2.24, 2.45) is 0 Å². The highest BCUT2D eigenvalue weighted by Gasteiger charge is 2.46. The van der Waals surface area contributed by atoms with Crippen LogP contribution in [0.4, 0.5) is 0 Å². The summed E-state index contributed by atoms with van der Waals surface area (Å²) in [6, 6.07) is 89.2. The molecule has 282 valence electrons. The van der Waals surface area contributed by atoms with Gasteiger partial charge in [0.1, 0.15) is 0 Å². The summed E-state index contributed by atoms with van der Waals surface area (Å²) in [5, 5.41) is 32.2. The third kappa shape index (κ3) is 7.05. The average molecular weight is 791 g/mol. The summed E-state index contributed by atoms with van der Waals surface area (Å²) in [6.07, 6.45) is 0. The minimum atomic E-state index is -3.22. The summed E-state index contributed by atoms with van der Waals surface area (Å²) in [5.41, 5.74) is 5.05. The van der Waals surface area contributed by atoms with E-state index in [-0.39, 0.29) is 0 Å². The van der Waals surface area contributed by atoms with Crippen molar-refractivity contribution in [3.63, 3.8) is 0 Å². The fourth-order valence-corrected chi connectivity index (χ4v) is 19.0. The zero-order chi connectivity index (χ0) is 40.1. The number of rotatable bonds is 11. The largest absolute Gasteiger partial charge is 0.488 e. The molecule has 0 bridgehead atoms. The van der Waals surface area contributed by atoms with Crippen LogP contribution < -0.4 is 47.0 Å². The highest BCUT2D eigenvalue weighted by atomic mass is 28.3. The highest BCUT2D eigenvalue weighted by Crippen LogP contribution is 2.22. The fraction of sp³-hybridized carbons (Fsp3) is 0. The van der Waals surface area contributed by atoms with Crippen molar-refractivity contribution < 1.29 is 10.0 Å². The van der Waals surface area contributed by atoms with Crippen LogP contribution in [0.3, 0.4) is 0 Å². The lowest BCUT2D eigenvalue weighted by molar-refractivity contribution is 0.426. The van der Waals surface area contributed by atoms with E-state index in [9.17, 15) is 10.0 Å². The Kier molecular flexibility index (Phi) is 10.7. The Morgan fingerprint density at radius 3 is 0.814 bits per heavy atom. The first-order valence-electron chi connectivity index (χ1n) is 20.1. The van der Waals surface area contributed by atoms with E-state index in [1.165, 1.54) is 31.1 Å². The molecule has 2 nitrogen and oxygen atoms in total. The zero-order valence-corrected chi connectivity index (χ0v) is 34.6. The first-order chi connectivity index (χ1) is 29.1. The van der Waals surface area contributed by atoms with Crippen LogP contribution in [0.15, 0.2) is 249 Å². The summed E-state index contributed by atoms with van der Waals surface area (Å²) in [4.78, 5) is 0. The van der Waals surface area contributed by atoms with Gasteiger partial charge in [0, 0.05) is 0 Å². The van der Waals surface area contributed by atoms with Gasteiger partial charge in [-0.25, -0.2) is 0 Å². The minimum absolute atomic E-state index is 0.475. The smallest absolute Gasteiger partial charge is 0.423 e. The van der Waals surface area contributed by atoms with Crippen molar-refractivity contribution in [3.05, 3.63) is 249 Å². The molecule has 0 saturated heterocycles. The maximum Gasteiger partial charge on any atom is 0.488 e. The molecule has 0 spiro atoms. The van der Waals surface area contributed by atoms with Gasteiger partial charge in [-0.1, -0.05) is 249 Å². The Labute approximate surface area is 349 Å². The Morgan fingerprint density at radius 2 is 0.508 bits per heavy atom. The molecule has 0 atom stereocenters. The van der Waals surface area contributed by atoms with E-state index < -0.39 is 23.3 Å². The van der Waals surface area contributed by atoms with E-state index in [1.54, 1.807) is 0 Å². The van der Waals surface area contributed by atoms with Crippen molar-refractivity contribution in [1.29, 1.82) is 0 Å². The molecule has 0 aliphatic carbocycles. The molecule has 0 fully saturated rings. The molecule has 0 aliphatic heterocycles. The van der Waals surface area contributed by atoms with Crippen molar-refractivity contribution >= 4 is 70.2 Å². The Morgan fingerprint density at radius 1 is 0.237 bits per heavy atom. The summed E-state index contributed by atoms with van der Waals surface area (Å²) < 4.78 is 0. The molecule has 0 aliphatic rings. The van der Waals surface area contributed by atoms with Crippen LogP contribution in [0.1, 0.15) is 0 Å². The quantitative estimate of drug-likeness (QED) is 0.135. The minimum Gasteiger partial charge on any atom is -0.423 e. The normalized spacial score (nSPS) is 11.6. The van der Waals surface area contributed by atoms with Gasteiger partial charge in [-0.05, 0) is 69.2 Å². The van der Waals surface area contributed by atoms with Crippen molar-refractivity contribution in [2.45, 2.75) is 0 Å². The molecular weight excluding hydrogens is 748 g/mol. The third-order valence-electron chi connectivity index (χ3n) is 11.8. The summed E-state index contributed by atoms with van der Waals surface area (Å²) in [5.74, 6) is 0. The second-order valence-corrected chi connectivity index (χ2v) is 22.7. The standard InChI is InChI=1S/C54H43BO2Si2/c56-55(57)46-39-53(58(47-27-11-3-12-28-47,48-29-13-4-14-30-48)51-35-19-25-44(37-51)42-21-7-1-8-22-42)41-54(40-46)59(49-31-15-5-16-32-49,50-33-17-6-18-34-50)52-36-20-26-45(38-52)43-23-9-2-10-24-43/h1-41,56-57H. The fourth-order valence-electron chi connectivity index (χ4n) is 9.11. The van der Waals surface area contributed by atoms with E-state index in [0.29, 0.717) is 5.46 Å². The predicted octanol–water partition coefficient (Wildman–Crippen LogP) is 5.46. The second-order valence-electron chi connectivity index (χ2n) is 15.1. The van der Waals surface area contributed by atoms with Crippen LogP contribution in [-0.2, 0) is 0 Å². The van der Waals surface area contributed by atoms with Gasteiger partial charge in [0.15, 0.2) is 16.1 Å². The molecule has 0 amide bonds.